The van der Waals surface area contributed by atoms with E-state index in [9.17, 15) is 22.8 Å². The molecule has 0 atom stereocenters. The van der Waals surface area contributed by atoms with Crippen molar-refractivity contribution in [3.05, 3.63) is 0 Å². The predicted octanol–water partition coefficient (Wildman–Crippen LogP) is -2.97. The van der Waals surface area contributed by atoms with Gasteiger partial charge in [-0.1, -0.05) is 0 Å². The molecular formula is C4H5BF3KO2. The number of carbonyl (C=O) groups is 1. The van der Waals surface area contributed by atoms with Crippen LogP contribution in [-0.2, 0) is 4.79 Å². The number of hydrogen-bond donors (Lipinski definition) is 0. The van der Waals surface area contributed by atoms with Crippen molar-refractivity contribution in [2.75, 3.05) is 0 Å². The molecule has 1 aliphatic rings. The standard InChI is InChI=1S/C4H6O2.BF3.K/c5-4(6)3-1-2-3;2-1(3)4;/h3H,1-2H2,(H,5,6);;/q;;+1/p-1. The second-order valence-corrected chi connectivity index (χ2v) is 1.84. The van der Waals surface area contributed by atoms with Crippen molar-refractivity contribution < 1.29 is 74.2 Å². The molecule has 0 bridgehead atoms. The zero-order valence-corrected chi connectivity index (χ0v) is 9.14. The summed E-state index contributed by atoms with van der Waals surface area (Å²) in [6.07, 6.45) is 1.67. The molecule has 0 aromatic carbocycles. The van der Waals surface area contributed by atoms with Crippen molar-refractivity contribution in [3.63, 3.8) is 0 Å². The summed E-state index contributed by atoms with van der Waals surface area (Å²) in [6, 6.07) is 0. The third-order valence-electron chi connectivity index (χ3n) is 0.911. The Morgan fingerprint density at radius 3 is 1.64 bits per heavy atom. The van der Waals surface area contributed by atoms with Gasteiger partial charge in [-0.05, 0) is 18.8 Å². The van der Waals surface area contributed by atoms with Crippen LogP contribution in [0.25, 0.3) is 0 Å². The fraction of sp³-hybridized carbons (Fsp3) is 0.750. The molecule has 0 amide bonds. The smallest absolute Gasteiger partial charge is 0.550 e. The molecule has 0 aromatic rings. The summed E-state index contributed by atoms with van der Waals surface area (Å²) in [7, 11) is -3.67. The summed E-state index contributed by atoms with van der Waals surface area (Å²) < 4.78 is 29.0. The van der Waals surface area contributed by atoms with E-state index in [1.165, 1.54) is 0 Å². The first-order valence-corrected chi connectivity index (χ1v) is 2.67. The van der Waals surface area contributed by atoms with Gasteiger partial charge in [0.15, 0.2) is 0 Å². The number of aliphatic carboxylic acids is 1. The molecule has 0 aliphatic heterocycles. The number of carbonyl (C=O) groups excluding carboxylic acids is 1. The molecule has 1 saturated carbocycles. The second kappa shape index (κ2) is 7.60. The van der Waals surface area contributed by atoms with Crippen LogP contribution in [-0.4, -0.2) is 13.5 Å². The number of carboxylic acids is 1. The van der Waals surface area contributed by atoms with Crippen LogP contribution in [0.1, 0.15) is 12.8 Å². The summed E-state index contributed by atoms with van der Waals surface area (Å²) in [5, 5.41) is 9.65. The van der Waals surface area contributed by atoms with E-state index in [1.54, 1.807) is 0 Å². The Hall–Kier alpha value is 0.961. The van der Waals surface area contributed by atoms with Crippen molar-refractivity contribution >= 4 is 13.5 Å². The third-order valence-corrected chi connectivity index (χ3v) is 0.911. The maximum absolute atomic E-state index is 9.67. The Bertz CT molecular complexity index is 117. The van der Waals surface area contributed by atoms with E-state index < -0.39 is 13.5 Å². The Morgan fingerprint density at radius 1 is 1.36 bits per heavy atom. The van der Waals surface area contributed by atoms with Crippen LogP contribution >= 0.6 is 0 Å². The zero-order valence-electron chi connectivity index (χ0n) is 6.02. The first-order valence-electron chi connectivity index (χ1n) is 2.67. The summed E-state index contributed by atoms with van der Waals surface area (Å²) in [5.74, 6) is -0.972. The average molecular weight is 192 g/mol. The van der Waals surface area contributed by atoms with Crippen LogP contribution < -0.4 is 56.5 Å². The number of halogens is 3. The van der Waals surface area contributed by atoms with Crippen molar-refractivity contribution in [2.24, 2.45) is 5.92 Å². The van der Waals surface area contributed by atoms with Gasteiger partial charge in [0, 0.05) is 5.97 Å². The Balaban J connectivity index is 0. The zero-order chi connectivity index (χ0) is 8.15. The van der Waals surface area contributed by atoms with Crippen LogP contribution in [0.15, 0.2) is 0 Å². The van der Waals surface area contributed by atoms with Crippen LogP contribution in [0, 0.1) is 5.92 Å². The molecule has 1 rings (SSSR count). The van der Waals surface area contributed by atoms with Crippen molar-refractivity contribution in [3.8, 4) is 0 Å². The van der Waals surface area contributed by atoms with Gasteiger partial charge in [0.25, 0.3) is 0 Å². The first kappa shape index (κ1) is 14.5. The van der Waals surface area contributed by atoms with Gasteiger partial charge in [0.05, 0.1) is 0 Å². The molecule has 0 heterocycles. The van der Waals surface area contributed by atoms with E-state index in [-0.39, 0.29) is 57.3 Å². The Morgan fingerprint density at radius 2 is 1.64 bits per heavy atom. The molecule has 0 saturated heterocycles. The molecule has 0 aromatic heterocycles. The van der Waals surface area contributed by atoms with Crippen LogP contribution in [0.4, 0.5) is 12.9 Å². The molecule has 2 nitrogen and oxygen atoms in total. The minimum absolute atomic E-state index is 0. The molecule has 1 aliphatic carbocycles. The van der Waals surface area contributed by atoms with E-state index in [2.05, 4.69) is 0 Å². The van der Waals surface area contributed by atoms with Gasteiger partial charge in [-0.3, -0.25) is 12.9 Å². The second-order valence-electron chi connectivity index (χ2n) is 1.84. The van der Waals surface area contributed by atoms with Crippen molar-refractivity contribution in [1.82, 2.24) is 0 Å². The van der Waals surface area contributed by atoms with Crippen molar-refractivity contribution in [1.29, 1.82) is 0 Å². The molecule has 1 fully saturated rings. The normalized spacial score (nSPS) is 13.7. The minimum Gasteiger partial charge on any atom is -0.550 e. The number of hydrogen-bond acceptors (Lipinski definition) is 2. The summed E-state index contributed by atoms with van der Waals surface area (Å²) >= 11 is 0. The van der Waals surface area contributed by atoms with E-state index in [1.807, 2.05) is 0 Å². The van der Waals surface area contributed by atoms with Gasteiger partial charge in [0.2, 0.25) is 0 Å². The first-order chi connectivity index (χ1) is 4.54. The molecule has 11 heavy (non-hydrogen) atoms. The molecule has 0 unspecified atom stereocenters. The van der Waals surface area contributed by atoms with Gasteiger partial charge in [-0.25, -0.2) is 0 Å². The van der Waals surface area contributed by atoms with Crippen LogP contribution in [0.3, 0.4) is 0 Å². The summed E-state index contributed by atoms with van der Waals surface area (Å²) in [4.78, 5) is 9.65. The summed E-state index contributed by atoms with van der Waals surface area (Å²) in [5.41, 5.74) is 0. The topological polar surface area (TPSA) is 40.1 Å². The molecule has 58 valence electrons. The average Bonchev–Trinajstić information content (AvgIpc) is 2.38. The fourth-order valence-corrected chi connectivity index (χ4v) is 0.319. The molecule has 7 heteroatoms. The van der Waals surface area contributed by atoms with Gasteiger partial charge in [0.1, 0.15) is 0 Å². The summed E-state index contributed by atoms with van der Waals surface area (Å²) in [6.45, 7) is 0. The molecule has 0 spiro atoms. The predicted molar refractivity (Wildman–Crippen MR) is 26.8 cm³/mol. The van der Waals surface area contributed by atoms with E-state index in [0.717, 1.165) is 12.8 Å². The maximum Gasteiger partial charge on any atom is 1.00 e. The van der Waals surface area contributed by atoms with Crippen LogP contribution in [0.5, 0.6) is 0 Å². The van der Waals surface area contributed by atoms with Gasteiger partial charge in [-0.2, -0.15) is 0 Å². The Kier molecular flexibility index (Phi) is 10.0. The molecular weight excluding hydrogens is 187 g/mol. The number of rotatable bonds is 1. The van der Waals surface area contributed by atoms with Crippen molar-refractivity contribution in [2.45, 2.75) is 12.8 Å². The fourth-order valence-electron chi connectivity index (χ4n) is 0.319. The quantitative estimate of drug-likeness (QED) is 0.416. The number of carboxylic acid groups (broad SMARTS) is 1. The van der Waals surface area contributed by atoms with Gasteiger partial charge >= 0.3 is 58.9 Å². The third kappa shape index (κ3) is 13.9. The Labute approximate surface area is 105 Å². The minimum atomic E-state index is -3.67. The monoisotopic (exact) mass is 192 g/mol. The largest absolute Gasteiger partial charge is 1.00 e. The van der Waals surface area contributed by atoms with E-state index in [4.69, 9.17) is 0 Å². The van der Waals surface area contributed by atoms with Gasteiger partial charge < -0.3 is 9.90 Å². The van der Waals surface area contributed by atoms with Crippen LogP contribution in [0.2, 0.25) is 0 Å². The molecule has 0 N–H and O–H groups in total. The molecule has 0 radical (unpaired) electrons. The SMILES string of the molecule is FB(F)F.O=C([O-])C1CC1.[K+]. The van der Waals surface area contributed by atoms with E-state index >= 15 is 0 Å². The van der Waals surface area contributed by atoms with Gasteiger partial charge in [-0.15, -0.1) is 0 Å². The van der Waals surface area contributed by atoms with E-state index in [0.29, 0.717) is 0 Å². The maximum atomic E-state index is 9.67.